The standard InChI is InChI=1S/C18H21N3O5/c1-26-14-8-4-5-12(9-14)10-19-15(22)11-20-16(23)17(24)21(18(20)25)13-6-2-3-7-13/h4-5,8-9,13H,2-3,6-7,10-11H2,1H3,(H,19,22). The zero-order valence-electron chi connectivity index (χ0n) is 14.6. The summed E-state index contributed by atoms with van der Waals surface area (Å²) in [4.78, 5) is 50.5. The molecule has 2 aliphatic rings. The maximum absolute atomic E-state index is 12.4. The number of methoxy groups -OCH3 is 1. The van der Waals surface area contributed by atoms with Crippen LogP contribution in [-0.2, 0) is 20.9 Å². The molecule has 8 nitrogen and oxygen atoms in total. The Kier molecular flexibility index (Phi) is 5.20. The fourth-order valence-corrected chi connectivity index (χ4v) is 3.33. The van der Waals surface area contributed by atoms with Gasteiger partial charge in [0.05, 0.1) is 7.11 Å². The summed E-state index contributed by atoms with van der Waals surface area (Å²) in [6, 6.07) is 6.26. The second-order valence-corrected chi connectivity index (χ2v) is 6.42. The van der Waals surface area contributed by atoms with E-state index in [1.54, 1.807) is 25.3 Å². The fourth-order valence-electron chi connectivity index (χ4n) is 3.33. The molecule has 0 bridgehead atoms. The number of nitrogens with zero attached hydrogens (tertiary/aromatic N) is 2. The Morgan fingerprint density at radius 1 is 1.19 bits per heavy atom. The first-order valence-corrected chi connectivity index (χ1v) is 8.60. The topological polar surface area (TPSA) is 96.0 Å². The molecule has 0 aromatic heterocycles. The lowest BCUT2D eigenvalue weighted by molar-refractivity contribution is -0.144. The summed E-state index contributed by atoms with van der Waals surface area (Å²) >= 11 is 0. The number of rotatable bonds is 6. The molecule has 0 atom stereocenters. The number of amides is 5. The summed E-state index contributed by atoms with van der Waals surface area (Å²) < 4.78 is 5.12. The average Bonchev–Trinajstić information content (AvgIpc) is 3.24. The van der Waals surface area contributed by atoms with Gasteiger partial charge in [-0.05, 0) is 30.5 Å². The summed E-state index contributed by atoms with van der Waals surface area (Å²) in [7, 11) is 1.55. The minimum absolute atomic E-state index is 0.229. The Balaban J connectivity index is 1.59. The van der Waals surface area contributed by atoms with E-state index in [2.05, 4.69) is 5.32 Å². The molecule has 8 heteroatoms. The lowest BCUT2D eigenvalue weighted by Crippen LogP contribution is -2.43. The van der Waals surface area contributed by atoms with Crippen LogP contribution in [-0.4, -0.2) is 53.2 Å². The summed E-state index contributed by atoms with van der Waals surface area (Å²) in [6.45, 7) is -0.233. The SMILES string of the molecule is COc1cccc(CNC(=O)CN2C(=O)C(=O)N(C3CCCC3)C2=O)c1. The van der Waals surface area contributed by atoms with Gasteiger partial charge in [-0.25, -0.2) is 9.69 Å². The Morgan fingerprint density at radius 2 is 1.92 bits per heavy atom. The van der Waals surface area contributed by atoms with E-state index in [-0.39, 0.29) is 12.6 Å². The second kappa shape index (κ2) is 7.55. The second-order valence-electron chi connectivity index (χ2n) is 6.42. The van der Waals surface area contributed by atoms with Crippen molar-refractivity contribution in [2.45, 2.75) is 38.3 Å². The van der Waals surface area contributed by atoms with Crippen LogP contribution in [0, 0.1) is 0 Å². The number of hydrogen-bond donors (Lipinski definition) is 1. The van der Waals surface area contributed by atoms with Crippen LogP contribution in [0.4, 0.5) is 4.79 Å². The molecule has 1 heterocycles. The van der Waals surface area contributed by atoms with E-state index < -0.39 is 30.3 Å². The van der Waals surface area contributed by atoms with Crippen LogP contribution in [0.5, 0.6) is 5.75 Å². The van der Waals surface area contributed by atoms with E-state index in [1.165, 1.54) is 0 Å². The monoisotopic (exact) mass is 359 g/mol. The molecule has 26 heavy (non-hydrogen) atoms. The van der Waals surface area contributed by atoms with Crippen molar-refractivity contribution in [2.24, 2.45) is 0 Å². The van der Waals surface area contributed by atoms with E-state index in [9.17, 15) is 19.2 Å². The molecular weight excluding hydrogens is 338 g/mol. The van der Waals surface area contributed by atoms with Gasteiger partial charge in [0.2, 0.25) is 5.91 Å². The summed E-state index contributed by atoms with van der Waals surface area (Å²) in [6.07, 6.45) is 3.27. The molecule has 0 spiro atoms. The van der Waals surface area contributed by atoms with Crippen molar-refractivity contribution in [3.05, 3.63) is 29.8 Å². The number of urea groups is 1. The van der Waals surface area contributed by atoms with Gasteiger partial charge < -0.3 is 10.1 Å². The molecule has 5 amide bonds. The normalized spacial score (nSPS) is 18.0. The lowest BCUT2D eigenvalue weighted by Gasteiger charge is -2.20. The molecule has 1 aromatic carbocycles. The van der Waals surface area contributed by atoms with E-state index in [0.29, 0.717) is 18.6 Å². The zero-order valence-corrected chi connectivity index (χ0v) is 14.6. The molecule has 0 unspecified atom stereocenters. The van der Waals surface area contributed by atoms with Crippen molar-refractivity contribution < 1.29 is 23.9 Å². The van der Waals surface area contributed by atoms with Gasteiger partial charge in [0.15, 0.2) is 0 Å². The molecule has 0 radical (unpaired) electrons. The zero-order chi connectivity index (χ0) is 18.7. The van der Waals surface area contributed by atoms with Gasteiger partial charge in [0, 0.05) is 12.6 Å². The Morgan fingerprint density at radius 3 is 2.62 bits per heavy atom. The van der Waals surface area contributed by atoms with E-state index in [0.717, 1.165) is 28.2 Å². The largest absolute Gasteiger partial charge is 0.497 e. The highest BCUT2D eigenvalue weighted by atomic mass is 16.5. The van der Waals surface area contributed by atoms with Gasteiger partial charge in [0.25, 0.3) is 0 Å². The minimum Gasteiger partial charge on any atom is -0.497 e. The van der Waals surface area contributed by atoms with Gasteiger partial charge in [0.1, 0.15) is 12.3 Å². The molecule has 1 saturated heterocycles. The maximum atomic E-state index is 12.4. The first-order chi connectivity index (χ1) is 12.5. The molecule has 2 fully saturated rings. The predicted octanol–water partition coefficient (Wildman–Crippen LogP) is 1.04. The molecule has 1 N–H and O–H groups in total. The van der Waals surface area contributed by atoms with Crippen LogP contribution in [0.25, 0.3) is 0 Å². The smallest absolute Gasteiger partial charge is 0.334 e. The number of nitrogens with one attached hydrogen (secondary N) is 1. The van der Waals surface area contributed by atoms with Crippen molar-refractivity contribution >= 4 is 23.8 Å². The molecule has 1 saturated carbocycles. The van der Waals surface area contributed by atoms with Crippen molar-refractivity contribution in [1.82, 2.24) is 15.1 Å². The molecule has 1 aliphatic carbocycles. The maximum Gasteiger partial charge on any atom is 0.334 e. The van der Waals surface area contributed by atoms with Gasteiger partial charge in [-0.2, -0.15) is 0 Å². The van der Waals surface area contributed by atoms with Gasteiger partial charge in [-0.3, -0.25) is 19.3 Å². The summed E-state index contributed by atoms with van der Waals surface area (Å²) in [5, 5.41) is 2.65. The molecular formula is C18H21N3O5. The summed E-state index contributed by atoms with van der Waals surface area (Å²) in [5.74, 6) is -1.60. The van der Waals surface area contributed by atoms with Gasteiger partial charge >= 0.3 is 17.8 Å². The summed E-state index contributed by atoms with van der Waals surface area (Å²) in [5.41, 5.74) is 0.820. The van der Waals surface area contributed by atoms with Crippen molar-refractivity contribution in [3.8, 4) is 5.75 Å². The van der Waals surface area contributed by atoms with E-state index in [1.807, 2.05) is 6.07 Å². The fraction of sp³-hybridized carbons (Fsp3) is 0.444. The predicted molar refractivity (Wildman–Crippen MR) is 91.1 cm³/mol. The highest BCUT2D eigenvalue weighted by Gasteiger charge is 2.48. The van der Waals surface area contributed by atoms with Crippen LogP contribution in [0.15, 0.2) is 24.3 Å². The Hall–Kier alpha value is -2.90. The number of hydrogen-bond acceptors (Lipinski definition) is 5. The third-order valence-corrected chi connectivity index (χ3v) is 4.70. The molecule has 138 valence electrons. The highest BCUT2D eigenvalue weighted by Crippen LogP contribution is 2.27. The molecule has 1 aromatic rings. The van der Waals surface area contributed by atoms with Gasteiger partial charge in [-0.1, -0.05) is 25.0 Å². The van der Waals surface area contributed by atoms with Crippen LogP contribution in [0.2, 0.25) is 0 Å². The van der Waals surface area contributed by atoms with Crippen LogP contribution >= 0.6 is 0 Å². The number of benzene rings is 1. The number of ether oxygens (including phenoxy) is 1. The highest BCUT2D eigenvalue weighted by molar-refractivity contribution is 6.45. The minimum atomic E-state index is -0.932. The molecule has 3 rings (SSSR count). The van der Waals surface area contributed by atoms with Crippen LogP contribution < -0.4 is 10.1 Å². The van der Waals surface area contributed by atoms with Crippen molar-refractivity contribution in [1.29, 1.82) is 0 Å². The first kappa shape index (κ1) is 17.9. The average molecular weight is 359 g/mol. The Bertz CT molecular complexity index is 742. The van der Waals surface area contributed by atoms with Gasteiger partial charge in [-0.15, -0.1) is 0 Å². The van der Waals surface area contributed by atoms with E-state index >= 15 is 0 Å². The first-order valence-electron chi connectivity index (χ1n) is 8.60. The van der Waals surface area contributed by atoms with Crippen molar-refractivity contribution in [3.63, 3.8) is 0 Å². The lowest BCUT2D eigenvalue weighted by atomic mass is 10.2. The third kappa shape index (κ3) is 3.54. The molecule has 1 aliphatic heterocycles. The van der Waals surface area contributed by atoms with Crippen LogP contribution in [0.3, 0.4) is 0 Å². The third-order valence-electron chi connectivity index (χ3n) is 4.70. The van der Waals surface area contributed by atoms with Crippen molar-refractivity contribution in [2.75, 3.05) is 13.7 Å². The van der Waals surface area contributed by atoms with E-state index in [4.69, 9.17) is 4.74 Å². The Labute approximate surface area is 151 Å². The number of imide groups is 2. The quantitative estimate of drug-likeness (QED) is 0.605. The number of carbonyl (C=O) groups is 4. The van der Waals surface area contributed by atoms with Crippen LogP contribution in [0.1, 0.15) is 31.2 Å². The number of carbonyl (C=O) groups excluding carboxylic acids is 4.